The van der Waals surface area contributed by atoms with Crippen LogP contribution in [0.1, 0.15) is 22.0 Å². The Morgan fingerprint density at radius 2 is 1.64 bits per heavy atom. The molecule has 5 rings (SSSR count). The van der Waals surface area contributed by atoms with E-state index in [0.717, 1.165) is 43.2 Å². The Labute approximate surface area is 165 Å². The second-order valence-corrected chi connectivity index (χ2v) is 7.41. The van der Waals surface area contributed by atoms with Gasteiger partial charge in [-0.2, -0.15) is 5.26 Å². The first-order valence-electron chi connectivity index (χ1n) is 8.83. The topological polar surface area (TPSA) is 65.4 Å². The summed E-state index contributed by atoms with van der Waals surface area (Å²) in [6.45, 7) is 0. The van der Waals surface area contributed by atoms with Crippen molar-refractivity contribution < 1.29 is 0 Å². The smallest absolute Gasteiger partial charge is 0.141 e. The monoisotopic (exact) mass is 378 g/mol. The van der Waals surface area contributed by atoms with Crippen molar-refractivity contribution in [2.45, 2.75) is 0 Å². The Morgan fingerprint density at radius 3 is 2.39 bits per heavy atom. The maximum atomic E-state index is 9.04. The first kappa shape index (κ1) is 16.4. The van der Waals surface area contributed by atoms with Gasteiger partial charge in [-0.15, -0.1) is 11.3 Å². The molecule has 5 heteroatoms. The number of para-hydroxylation sites is 3. The fraction of sp³-hybridized carbons (Fsp3) is 0. The Balaban J connectivity index is 1.70. The summed E-state index contributed by atoms with van der Waals surface area (Å²) in [7, 11) is 0. The van der Waals surface area contributed by atoms with Crippen LogP contribution in [-0.4, -0.2) is 15.0 Å². The predicted molar refractivity (Wildman–Crippen MR) is 114 cm³/mol. The van der Waals surface area contributed by atoms with Gasteiger partial charge >= 0.3 is 0 Å². The van der Waals surface area contributed by atoms with Crippen LogP contribution in [0, 0.1) is 11.3 Å². The van der Waals surface area contributed by atoms with Gasteiger partial charge in [0.05, 0.1) is 38.5 Å². The Kier molecular flexibility index (Phi) is 3.97. The van der Waals surface area contributed by atoms with Crippen LogP contribution >= 0.6 is 11.3 Å². The molecular formula is C23H14N4S. The second-order valence-electron chi connectivity index (χ2n) is 6.38. The van der Waals surface area contributed by atoms with Gasteiger partial charge in [-0.3, -0.25) is 0 Å². The van der Waals surface area contributed by atoms with Gasteiger partial charge in [0.25, 0.3) is 0 Å². The zero-order valence-corrected chi connectivity index (χ0v) is 15.6. The fourth-order valence-electron chi connectivity index (χ4n) is 3.12. The number of aromatic nitrogens is 3. The molecule has 132 valence electrons. The Hall–Kier alpha value is -3.75. The number of nitriles is 1. The molecule has 0 saturated heterocycles. The molecule has 2 aromatic heterocycles. The predicted octanol–water partition coefficient (Wildman–Crippen LogP) is 5.63. The van der Waals surface area contributed by atoms with E-state index in [1.165, 1.54) is 0 Å². The lowest BCUT2D eigenvalue weighted by molar-refractivity contribution is 1.25. The van der Waals surface area contributed by atoms with Crippen molar-refractivity contribution in [2.24, 2.45) is 0 Å². The van der Waals surface area contributed by atoms with Crippen molar-refractivity contribution >= 4 is 44.2 Å². The van der Waals surface area contributed by atoms with Gasteiger partial charge in [-0.25, -0.2) is 9.97 Å². The second kappa shape index (κ2) is 6.76. The lowest BCUT2D eigenvalue weighted by atomic mass is 10.1. The number of thiazole rings is 1. The van der Waals surface area contributed by atoms with Gasteiger partial charge in [0.2, 0.25) is 0 Å². The number of hydrogen-bond donors (Lipinski definition) is 1. The summed E-state index contributed by atoms with van der Waals surface area (Å²) in [5.74, 6) is 0.782. The summed E-state index contributed by atoms with van der Waals surface area (Å²) in [5.41, 5.74) is 5.45. The summed E-state index contributed by atoms with van der Waals surface area (Å²) in [4.78, 5) is 13.0. The molecule has 0 atom stereocenters. The number of benzene rings is 3. The third-order valence-corrected chi connectivity index (χ3v) is 5.59. The van der Waals surface area contributed by atoms with E-state index in [2.05, 4.69) is 23.2 Å². The maximum Gasteiger partial charge on any atom is 0.141 e. The zero-order valence-electron chi connectivity index (χ0n) is 14.8. The van der Waals surface area contributed by atoms with Crippen molar-refractivity contribution in [3.63, 3.8) is 0 Å². The van der Waals surface area contributed by atoms with Crippen LogP contribution in [0.2, 0.25) is 0 Å². The number of nitrogens with one attached hydrogen (secondary N) is 1. The van der Waals surface area contributed by atoms with E-state index in [9.17, 15) is 0 Å². The minimum atomic E-state index is 0.641. The van der Waals surface area contributed by atoms with E-state index < -0.39 is 0 Å². The van der Waals surface area contributed by atoms with Gasteiger partial charge in [0.15, 0.2) is 0 Å². The fourth-order valence-corrected chi connectivity index (χ4v) is 4.10. The molecule has 2 heterocycles. The van der Waals surface area contributed by atoms with Crippen molar-refractivity contribution in [2.75, 3.05) is 0 Å². The first-order chi connectivity index (χ1) is 13.8. The number of hydrogen-bond acceptors (Lipinski definition) is 4. The van der Waals surface area contributed by atoms with Crippen LogP contribution in [-0.2, 0) is 0 Å². The summed E-state index contributed by atoms with van der Waals surface area (Å²) in [6.07, 6.45) is 2.07. The zero-order chi connectivity index (χ0) is 18.9. The van der Waals surface area contributed by atoms with Crippen molar-refractivity contribution in [3.8, 4) is 6.07 Å². The largest absolute Gasteiger partial charge is 0.338 e. The molecule has 0 amide bonds. The van der Waals surface area contributed by atoms with Crippen LogP contribution in [0.25, 0.3) is 32.9 Å². The minimum absolute atomic E-state index is 0.641. The highest BCUT2D eigenvalue weighted by atomic mass is 32.1. The molecule has 0 spiro atoms. The standard InChI is InChI=1S/C23H14N4S/c24-14-16-11-9-15(10-12-16)13-17(22-25-18-5-1-2-6-19(18)26-22)23-27-20-7-3-4-8-21(20)28-23/h1-13H,(H,25,26)/b17-13-. The molecule has 1 N–H and O–H groups in total. The summed E-state index contributed by atoms with van der Waals surface area (Å²) in [6, 6.07) is 25.8. The number of fused-ring (bicyclic) bond motifs is 2. The lowest BCUT2D eigenvalue weighted by Crippen LogP contribution is -1.90. The quantitative estimate of drug-likeness (QED) is 0.442. The van der Waals surface area contributed by atoms with E-state index in [1.54, 1.807) is 11.3 Å². The minimum Gasteiger partial charge on any atom is -0.338 e. The van der Waals surface area contributed by atoms with Gasteiger partial charge < -0.3 is 4.98 Å². The summed E-state index contributed by atoms with van der Waals surface area (Å²) < 4.78 is 1.14. The summed E-state index contributed by atoms with van der Waals surface area (Å²) in [5, 5.41) is 9.95. The van der Waals surface area contributed by atoms with E-state index in [4.69, 9.17) is 15.2 Å². The molecule has 4 nitrogen and oxygen atoms in total. The lowest BCUT2D eigenvalue weighted by Gasteiger charge is -2.02. The first-order valence-corrected chi connectivity index (χ1v) is 9.65. The van der Waals surface area contributed by atoms with Crippen LogP contribution in [0.15, 0.2) is 72.8 Å². The molecule has 0 bridgehead atoms. The number of rotatable bonds is 3. The number of aromatic amines is 1. The maximum absolute atomic E-state index is 9.04. The molecular weight excluding hydrogens is 364 g/mol. The molecule has 0 aliphatic heterocycles. The van der Waals surface area contributed by atoms with Crippen molar-refractivity contribution in [1.29, 1.82) is 5.26 Å². The SMILES string of the molecule is N#Cc1ccc(/C=C(/c2nc3ccccc3[nH]2)c2nc3ccccc3s2)cc1. The van der Waals surface area contributed by atoms with Crippen LogP contribution in [0.4, 0.5) is 0 Å². The van der Waals surface area contributed by atoms with Gasteiger partial charge in [-0.1, -0.05) is 36.4 Å². The third-order valence-electron chi connectivity index (χ3n) is 4.52. The highest BCUT2D eigenvalue weighted by Gasteiger charge is 2.15. The average Bonchev–Trinajstić information content (AvgIpc) is 3.36. The number of H-pyrrole nitrogens is 1. The third kappa shape index (κ3) is 2.96. The molecule has 5 aromatic rings. The van der Waals surface area contributed by atoms with Crippen molar-refractivity contribution in [1.82, 2.24) is 15.0 Å². The van der Waals surface area contributed by atoms with E-state index in [0.29, 0.717) is 5.56 Å². The van der Waals surface area contributed by atoms with Crippen LogP contribution < -0.4 is 0 Å². The molecule has 0 unspecified atom stereocenters. The van der Waals surface area contributed by atoms with Crippen LogP contribution in [0.3, 0.4) is 0 Å². The Morgan fingerprint density at radius 1 is 0.893 bits per heavy atom. The van der Waals surface area contributed by atoms with Gasteiger partial charge in [-0.05, 0) is 48.0 Å². The summed E-state index contributed by atoms with van der Waals surface area (Å²) >= 11 is 1.65. The van der Waals surface area contributed by atoms with Crippen LogP contribution in [0.5, 0.6) is 0 Å². The molecule has 28 heavy (non-hydrogen) atoms. The van der Waals surface area contributed by atoms with E-state index >= 15 is 0 Å². The molecule has 3 aromatic carbocycles. The average molecular weight is 378 g/mol. The highest BCUT2D eigenvalue weighted by Crippen LogP contribution is 2.32. The molecule has 0 aliphatic rings. The molecule has 0 aliphatic carbocycles. The van der Waals surface area contributed by atoms with Crippen molar-refractivity contribution in [3.05, 3.63) is 94.8 Å². The number of imidazole rings is 1. The van der Waals surface area contributed by atoms with Gasteiger partial charge in [0, 0.05) is 0 Å². The molecule has 0 radical (unpaired) electrons. The molecule has 0 fully saturated rings. The van der Waals surface area contributed by atoms with E-state index in [1.807, 2.05) is 66.7 Å². The normalized spacial score (nSPS) is 11.8. The highest BCUT2D eigenvalue weighted by molar-refractivity contribution is 7.19. The van der Waals surface area contributed by atoms with Gasteiger partial charge in [0.1, 0.15) is 10.8 Å². The number of nitrogens with zero attached hydrogens (tertiary/aromatic N) is 3. The van der Waals surface area contributed by atoms with E-state index in [-0.39, 0.29) is 0 Å². The molecule has 0 saturated carbocycles. The Bertz CT molecular complexity index is 1230.